The van der Waals surface area contributed by atoms with E-state index in [9.17, 15) is 17.6 Å². The second-order valence-corrected chi connectivity index (χ2v) is 11.5. The van der Waals surface area contributed by atoms with Crippen molar-refractivity contribution < 1.29 is 17.6 Å². The molecule has 0 saturated carbocycles. The summed E-state index contributed by atoms with van der Waals surface area (Å²) in [4.78, 5) is 21.3. The molecule has 5 rings (SSSR count). The second-order valence-electron chi connectivity index (χ2n) is 8.68. The van der Waals surface area contributed by atoms with Crippen LogP contribution in [0.5, 0.6) is 0 Å². The molecule has 10 heteroatoms. The SMILES string of the molecule is Cc1ccc(NC(=O)CSc2ncc3c(n2)-c2ccccc2N(Cc2cccc(F)c2)S3(=O)=O)c(C)c1. The zero-order valence-corrected chi connectivity index (χ0v) is 21.7. The van der Waals surface area contributed by atoms with Gasteiger partial charge in [0.15, 0.2) is 5.16 Å². The molecular weight excluding hydrogens is 511 g/mol. The van der Waals surface area contributed by atoms with Gasteiger partial charge < -0.3 is 5.32 Å². The van der Waals surface area contributed by atoms with Crippen LogP contribution in [-0.2, 0) is 21.4 Å². The zero-order valence-electron chi connectivity index (χ0n) is 20.1. The van der Waals surface area contributed by atoms with Crippen LogP contribution in [0.25, 0.3) is 11.3 Å². The summed E-state index contributed by atoms with van der Waals surface area (Å²) in [6.45, 7) is 3.88. The number of thioether (sulfide) groups is 1. The number of sulfonamides is 1. The molecule has 0 spiro atoms. The fourth-order valence-corrected chi connectivity index (χ4v) is 6.36. The van der Waals surface area contributed by atoms with Gasteiger partial charge >= 0.3 is 0 Å². The van der Waals surface area contributed by atoms with Crippen molar-refractivity contribution in [3.63, 3.8) is 0 Å². The van der Waals surface area contributed by atoms with E-state index < -0.39 is 15.8 Å². The molecule has 3 aromatic carbocycles. The molecule has 37 heavy (non-hydrogen) atoms. The molecule has 0 fully saturated rings. The Bertz CT molecular complexity index is 1630. The van der Waals surface area contributed by atoms with Crippen LogP contribution < -0.4 is 9.62 Å². The number of aromatic nitrogens is 2. The highest BCUT2D eigenvalue weighted by Crippen LogP contribution is 2.42. The maximum Gasteiger partial charge on any atom is 0.268 e. The van der Waals surface area contributed by atoms with Crippen LogP contribution in [0.15, 0.2) is 83.0 Å². The Kier molecular flexibility index (Phi) is 6.70. The van der Waals surface area contributed by atoms with E-state index in [4.69, 9.17) is 0 Å². The van der Waals surface area contributed by atoms with Gasteiger partial charge in [-0.25, -0.2) is 22.8 Å². The zero-order chi connectivity index (χ0) is 26.2. The Hall–Kier alpha value is -3.76. The lowest BCUT2D eigenvalue weighted by molar-refractivity contribution is -0.113. The number of carbonyl (C=O) groups is 1. The third kappa shape index (κ3) is 5.07. The van der Waals surface area contributed by atoms with Crippen LogP contribution in [0.3, 0.4) is 0 Å². The molecule has 1 aliphatic heterocycles. The minimum absolute atomic E-state index is 0.0355. The fraction of sp³-hybridized carbons (Fsp3) is 0.148. The predicted molar refractivity (Wildman–Crippen MR) is 143 cm³/mol. The number of nitrogens with one attached hydrogen (secondary N) is 1. The van der Waals surface area contributed by atoms with Gasteiger partial charge in [-0.2, -0.15) is 0 Å². The van der Waals surface area contributed by atoms with Gasteiger partial charge in [0.05, 0.1) is 29.9 Å². The molecular formula is C27H23FN4O3S2. The molecule has 0 unspecified atom stereocenters. The van der Waals surface area contributed by atoms with E-state index in [-0.39, 0.29) is 34.0 Å². The van der Waals surface area contributed by atoms with E-state index in [1.807, 2.05) is 32.0 Å². The van der Waals surface area contributed by atoms with Gasteiger partial charge in [-0.1, -0.05) is 59.8 Å². The maximum atomic E-state index is 13.8. The number of para-hydroxylation sites is 1. The molecule has 0 saturated heterocycles. The van der Waals surface area contributed by atoms with Gasteiger partial charge in [0.25, 0.3) is 10.0 Å². The number of nitrogens with zero attached hydrogens (tertiary/aromatic N) is 3. The van der Waals surface area contributed by atoms with Crippen molar-refractivity contribution in [3.05, 3.63) is 95.4 Å². The summed E-state index contributed by atoms with van der Waals surface area (Å²) in [6.07, 6.45) is 1.27. The van der Waals surface area contributed by atoms with Crippen LogP contribution in [0.2, 0.25) is 0 Å². The first-order valence-electron chi connectivity index (χ1n) is 11.5. The number of fused-ring (bicyclic) bond motifs is 3. The molecule has 1 aliphatic rings. The van der Waals surface area contributed by atoms with Crippen molar-refractivity contribution in [2.45, 2.75) is 30.4 Å². The Balaban J connectivity index is 1.40. The number of anilines is 2. The summed E-state index contributed by atoms with van der Waals surface area (Å²) in [5.41, 5.74) is 4.67. The molecule has 0 bridgehead atoms. The summed E-state index contributed by atoms with van der Waals surface area (Å²) in [7, 11) is -4.01. The lowest BCUT2D eigenvalue weighted by Gasteiger charge is -2.31. The average molecular weight is 535 g/mol. The summed E-state index contributed by atoms with van der Waals surface area (Å²) < 4.78 is 42.2. The smallest absolute Gasteiger partial charge is 0.268 e. The number of amides is 1. The normalized spacial score (nSPS) is 13.5. The Morgan fingerprint density at radius 1 is 1.05 bits per heavy atom. The monoisotopic (exact) mass is 534 g/mol. The van der Waals surface area contributed by atoms with Gasteiger partial charge in [0, 0.05) is 11.3 Å². The highest BCUT2D eigenvalue weighted by Gasteiger charge is 2.36. The molecule has 4 aromatic rings. The number of rotatable bonds is 6. The first kappa shape index (κ1) is 24.9. The molecule has 7 nitrogen and oxygen atoms in total. The van der Waals surface area contributed by atoms with Crippen LogP contribution in [0.4, 0.5) is 15.8 Å². The van der Waals surface area contributed by atoms with Crippen LogP contribution in [0.1, 0.15) is 16.7 Å². The number of carbonyl (C=O) groups excluding carboxylic acids is 1. The average Bonchev–Trinajstić information content (AvgIpc) is 2.87. The summed E-state index contributed by atoms with van der Waals surface area (Å²) >= 11 is 1.13. The number of aryl methyl sites for hydroxylation is 2. The summed E-state index contributed by atoms with van der Waals surface area (Å²) in [5.74, 6) is -0.591. The number of halogens is 1. The topological polar surface area (TPSA) is 92.3 Å². The minimum atomic E-state index is -4.01. The molecule has 0 aliphatic carbocycles. The third-order valence-electron chi connectivity index (χ3n) is 5.93. The van der Waals surface area contributed by atoms with E-state index in [1.54, 1.807) is 36.4 Å². The minimum Gasteiger partial charge on any atom is -0.325 e. The summed E-state index contributed by atoms with van der Waals surface area (Å²) in [5, 5.41) is 3.18. The third-order valence-corrected chi connectivity index (χ3v) is 8.55. The second kappa shape index (κ2) is 9.95. The Morgan fingerprint density at radius 2 is 1.86 bits per heavy atom. The predicted octanol–water partition coefficient (Wildman–Crippen LogP) is 5.34. The van der Waals surface area contributed by atoms with Crippen molar-refractivity contribution in [2.75, 3.05) is 15.4 Å². The number of hydrogen-bond donors (Lipinski definition) is 1. The highest BCUT2D eigenvalue weighted by atomic mass is 32.2. The maximum absolute atomic E-state index is 13.8. The Morgan fingerprint density at radius 3 is 2.65 bits per heavy atom. The molecule has 1 amide bonds. The van der Waals surface area contributed by atoms with Crippen molar-refractivity contribution in [2.24, 2.45) is 0 Å². The Labute approximate surface area is 218 Å². The highest BCUT2D eigenvalue weighted by molar-refractivity contribution is 7.99. The van der Waals surface area contributed by atoms with Crippen LogP contribution >= 0.6 is 11.8 Å². The van der Waals surface area contributed by atoms with Crippen LogP contribution in [-0.4, -0.2) is 30.0 Å². The molecule has 0 radical (unpaired) electrons. The van der Waals surface area contributed by atoms with Gasteiger partial charge in [0.1, 0.15) is 10.7 Å². The first-order chi connectivity index (χ1) is 17.7. The molecule has 188 valence electrons. The van der Waals surface area contributed by atoms with Gasteiger partial charge in [-0.15, -0.1) is 0 Å². The molecule has 1 aromatic heterocycles. The van der Waals surface area contributed by atoms with E-state index in [0.29, 0.717) is 16.8 Å². The van der Waals surface area contributed by atoms with E-state index in [0.717, 1.165) is 28.6 Å². The van der Waals surface area contributed by atoms with E-state index in [2.05, 4.69) is 15.3 Å². The standard InChI is InChI=1S/C27H23FN4O3S2/c1-17-10-11-22(18(2)12-17)30-25(33)16-36-27-29-14-24-26(31-27)21-8-3-4-9-23(21)32(37(24,34)35)15-19-6-5-7-20(28)13-19/h3-14H,15-16H2,1-2H3,(H,30,33). The van der Waals surface area contributed by atoms with Crippen molar-refractivity contribution >= 4 is 39.1 Å². The van der Waals surface area contributed by atoms with Gasteiger partial charge in [-0.3, -0.25) is 9.10 Å². The van der Waals surface area contributed by atoms with Crippen molar-refractivity contribution in [3.8, 4) is 11.3 Å². The number of hydrogen-bond acceptors (Lipinski definition) is 6. The lowest BCUT2D eigenvalue weighted by Crippen LogP contribution is -2.34. The van der Waals surface area contributed by atoms with E-state index in [1.165, 1.54) is 22.6 Å². The van der Waals surface area contributed by atoms with Gasteiger partial charge in [0.2, 0.25) is 5.91 Å². The molecule has 0 atom stereocenters. The van der Waals surface area contributed by atoms with Crippen LogP contribution in [0, 0.1) is 19.7 Å². The van der Waals surface area contributed by atoms with E-state index >= 15 is 0 Å². The first-order valence-corrected chi connectivity index (χ1v) is 13.9. The molecule has 2 heterocycles. The number of benzene rings is 3. The quantitative estimate of drug-likeness (QED) is 0.265. The lowest BCUT2D eigenvalue weighted by atomic mass is 10.1. The van der Waals surface area contributed by atoms with Crippen molar-refractivity contribution in [1.29, 1.82) is 0 Å². The largest absolute Gasteiger partial charge is 0.325 e. The fourth-order valence-electron chi connectivity index (χ4n) is 4.19. The summed E-state index contributed by atoms with van der Waals surface area (Å²) in [6, 6.07) is 18.7. The molecule has 1 N–H and O–H groups in total. The van der Waals surface area contributed by atoms with Crippen molar-refractivity contribution in [1.82, 2.24) is 9.97 Å². The van der Waals surface area contributed by atoms with Gasteiger partial charge in [-0.05, 0) is 49.2 Å².